The van der Waals surface area contributed by atoms with Crippen molar-refractivity contribution in [2.45, 2.75) is 18.9 Å². The van der Waals surface area contributed by atoms with Crippen LogP contribution in [0.1, 0.15) is 23.5 Å². The van der Waals surface area contributed by atoms with Crippen molar-refractivity contribution in [3.63, 3.8) is 0 Å². The second-order valence-electron chi connectivity index (χ2n) is 6.34. The summed E-state index contributed by atoms with van der Waals surface area (Å²) >= 11 is 0. The van der Waals surface area contributed by atoms with Gasteiger partial charge in [-0.2, -0.15) is 0 Å². The van der Waals surface area contributed by atoms with Crippen LogP contribution in [0, 0.1) is 23.4 Å². The van der Waals surface area contributed by atoms with E-state index in [2.05, 4.69) is 0 Å². The van der Waals surface area contributed by atoms with Crippen molar-refractivity contribution in [2.75, 3.05) is 6.54 Å². The zero-order valence-corrected chi connectivity index (χ0v) is 13.7. The van der Waals surface area contributed by atoms with Crippen LogP contribution >= 0.6 is 0 Å². The van der Waals surface area contributed by atoms with E-state index in [4.69, 9.17) is 5.11 Å². The Labute approximate surface area is 147 Å². The van der Waals surface area contributed by atoms with Crippen molar-refractivity contribution in [2.24, 2.45) is 5.92 Å². The number of carbonyl (C=O) groups is 2. The van der Waals surface area contributed by atoms with E-state index in [0.29, 0.717) is 17.5 Å². The van der Waals surface area contributed by atoms with Crippen molar-refractivity contribution >= 4 is 11.9 Å². The first kappa shape index (κ1) is 18.0. The molecule has 2 unspecified atom stereocenters. The molecule has 1 fully saturated rings. The molecule has 0 aromatic heterocycles. The van der Waals surface area contributed by atoms with Gasteiger partial charge in [-0.15, -0.1) is 0 Å². The SMILES string of the molecule is O=C(O)CN(Cc1ccc(F)cc1)C(=O)C1CC1c1ccc(F)c(F)c1. The molecular weight excluding hydrogens is 347 g/mol. The summed E-state index contributed by atoms with van der Waals surface area (Å²) in [6, 6.07) is 8.94. The molecule has 0 radical (unpaired) electrons. The molecule has 7 heteroatoms. The van der Waals surface area contributed by atoms with Crippen LogP contribution in [0.5, 0.6) is 0 Å². The molecule has 4 nitrogen and oxygen atoms in total. The Morgan fingerprint density at radius 2 is 1.73 bits per heavy atom. The first-order chi connectivity index (χ1) is 12.3. The minimum atomic E-state index is -1.16. The van der Waals surface area contributed by atoms with Crippen molar-refractivity contribution in [1.82, 2.24) is 4.90 Å². The molecule has 2 aromatic rings. The van der Waals surface area contributed by atoms with Gasteiger partial charge in [-0.1, -0.05) is 18.2 Å². The number of carbonyl (C=O) groups excluding carboxylic acids is 1. The number of hydrogen-bond donors (Lipinski definition) is 1. The van der Waals surface area contributed by atoms with Gasteiger partial charge in [0.15, 0.2) is 11.6 Å². The van der Waals surface area contributed by atoms with Crippen LogP contribution in [-0.2, 0) is 16.1 Å². The van der Waals surface area contributed by atoms with Gasteiger partial charge in [0.2, 0.25) is 5.91 Å². The standard InChI is InChI=1S/C19H16F3NO3/c20-13-4-1-11(2-5-13)9-23(10-18(24)25)19(26)15-8-14(15)12-3-6-16(21)17(22)7-12/h1-7,14-15H,8-10H2,(H,24,25). The van der Waals surface area contributed by atoms with Crippen LogP contribution in [0.3, 0.4) is 0 Å². The third kappa shape index (κ3) is 4.04. The van der Waals surface area contributed by atoms with E-state index in [0.717, 1.165) is 12.1 Å². The lowest BCUT2D eigenvalue weighted by Gasteiger charge is -2.21. The normalized spacial score (nSPS) is 18.4. The highest BCUT2D eigenvalue weighted by Crippen LogP contribution is 2.48. The fourth-order valence-electron chi connectivity index (χ4n) is 3.00. The first-order valence-electron chi connectivity index (χ1n) is 8.05. The van der Waals surface area contributed by atoms with Gasteiger partial charge < -0.3 is 10.0 Å². The summed E-state index contributed by atoms with van der Waals surface area (Å²) in [5.74, 6) is -4.63. The first-order valence-corrected chi connectivity index (χ1v) is 8.05. The Hall–Kier alpha value is -2.83. The lowest BCUT2D eigenvalue weighted by molar-refractivity contribution is -0.145. The summed E-state index contributed by atoms with van der Waals surface area (Å²) in [5.41, 5.74) is 1.12. The molecule has 2 atom stereocenters. The van der Waals surface area contributed by atoms with Crippen LogP contribution in [0.4, 0.5) is 13.2 Å². The number of amides is 1. The molecule has 2 aromatic carbocycles. The van der Waals surface area contributed by atoms with Crippen molar-refractivity contribution in [3.05, 3.63) is 71.0 Å². The predicted octanol–water partition coefficient (Wildman–Crippen LogP) is 3.32. The van der Waals surface area contributed by atoms with Gasteiger partial charge >= 0.3 is 5.97 Å². The third-order valence-corrected chi connectivity index (χ3v) is 4.40. The number of carboxylic acids is 1. The van der Waals surface area contributed by atoms with Gasteiger partial charge in [-0.25, -0.2) is 13.2 Å². The third-order valence-electron chi connectivity index (χ3n) is 4.40. The monoisotopic (exact) mass is 363 g/mol. The Morgan fingerprint density at radius 1 is 1.04 bits per heavy atom. The molecule has 0 heterocycles. The quantitative estimate of drug-likeness (QED) is 0.857. The highest BCUT2D eigenvalue weighted by Gasteiger charge is 2.46. The maximum atomic E-state index is 13.4. The molecule has 0 saturated heterocycles. The smallest absolute Gasteiger partial charge is 0.323 e. The maximum absolute atomic E-state index is 13.4. The van der Waals surface area contributed by atoms with Crippen LogP contribution in [0.2, 0.25) is 0 Å². The van der Waals surface area contributed by atoms with Gasteiger partial charge in [0.1, 0.15) is 12.4 Å². The lowest BCUT2D eigenvalue weighted by atomic mass is 10.1. The van der Waals surface area contributed by atoms with E-state index in [9.17, 15) is 22.8 Å². The summed E-state index contributed by atoms with van der Waals surface area (Å²) in [6.45, 7) is -0.455. The number of carboxylic acid groups (broad SMARTS) is 1. The minimum Gasteiger partial charge on any atom is -0.480 e. The summed E-state index contributed by atoms with van der Waals surface area (Å²) in [5, 5.41) is 9.06. The van der Waals surface area contributed by atoms with Crippen LogP contribution in [0.25, 0.3) is 0 Å². The van der Waals surface area contributed by atoms with E-state index in [1.165, 1.54) is 35.2 Å². The predicted molar refractivity (Wildman–Crippen MR) is 86.7 cm³/mol. The summed E-state index contributed by atoms with van der Waals surface area (Å²) in [6.07, 6.45) is 0.448. The van der Waals surface area contributed by atoms with E-state index in [1.54, 1.807) is 0 Å². The molecule has 1 aliphatic rings. The number of halogens is 3. The molecule has 1 saturated carbocycles. The van der Waals surface area contributed by atoms with Gasteiger partial charge in [0.25, 0.3) is 0 Å². The zero-order valence-electron chi connectivity index (χ0n) is 13.7. The average molecular weight is 363 g/mol. The summed E-state index contributed by atoms with van der Waals surface area (Å²) in [4.78, 5) is 24.9. The number of benzene rings is 2. The van der Waals surface area contributed by atoms with Gasteiger partial charge in [-0.05, 0) is 47.7 Å². The largest absolute Gasteiger partial charge is 0.480 e. The second kappa shape index (κ2) is 7.19. The fraction of sp³-hybridized carbons (Fsp3) is 0.263. The van der Waals surface area contributed by atoms with E-state index < -0.39 is 35.9 Å². The van der Waals surface area contributed by atoms with Crippen molar-refractivity contribution in [1.29, 1.82) is 0 Å². The Balaban J connectivity index is 1.72. The van der Waals surface area contributed by atoms with Crippen molar-refractivity contribution < 1.29 is 27.9 Å². The summed E-state index contributed by atoms with van der Waals surface area (Å²) in [7, 11) is 0. The van der Waals surface area contributed by atoms with Crippen LogP contribution < -0.4 is 0 Å². The second-order valence-corrected chi connectivity index (χ2v) is 6.34. The molecule has 0 aliphatic heterocycles. The average Bonchev–Trinajstić information content (AvgIpc) is 3.38. The highest BCUT2D eigenvalue weighted by molar-refractivity contribution is 5.86. The van der Waals surface area contributed by atoms with Gasteiger partial charge in [0.05, 0.1) is 0 Å². The molecule has 1 aliphatic carbocycles. The maximum Gasteiger partial charge on any atom is 0.323 e. The number of rotatable bonds is 6. The molecule has 26 heavy (non-hydrogen) atoms. The van der Waals surface area contributed by atoms with Crippen LogP contribution in [-0.4, -0.2) is 28.4 Å². The highest BCUT2D eigenvalue weighted by atomic mass is 19.2. The Morgan fingerprint density at radius 3 is 2.35 bits per heavy atom. The van der Waals surface area contributed by atoms with E-state index in [-0.39, 0.29) is 18.4 Å². The Bertz CT molecular complexity index is 838. The molecule has 136 valence electrons. The number of nitrogens with zero attached hydrogens (tertiary/aromatic N) is 1. The zero-order chi connectivity index (χ0) is 18.8. The van der Waals surface area contributed by atoms with E-state index in [1.807, 2.05) is 0 Å². The topological polar surface area (TPSA) is 57.6 Å². The van der Waals surface area contributed by atoms with Crippen molar-refractivity contribution in [3.8, 4) is 0 Å². The Kier molecular flexibility index (Phi) is 4.97. The number of hydrogen-bond acceptors (Lipinski definition) is 2. The van der Waals surface area contributed by atoms with Crippen LogP contribution in [0.15, 0.2) is 42.5 Å². The molecule has 3 rings (SSSR count). The lowest BCUT2D eigenvalue weighted by Crippen LogP contribution is -2.36. The minimum absolute atomic E-state index is 0.0341. The molecule has 0 bridgehead atoms. The van der Waals surface area contributed by atoms with E-state index >= 15 is 0 Å². The van der Waals surface area contributed by atoms with Gasteiger partial charge in [-0.3, -0.25) is 9.59 Å². The number of aliphatic carboxylic acids is 1. The molecule has 1 amide bonds. The molecular formula is C19H16F3NO3. The summed E-state index contributed by atoms with van der Waals surface area (Å²) < 4.78 is 39.4. The van der Waals surface area contributed by atoms with Gasteiger partial charge in [0, 0.05) is 12.5 Å². The fourth-order valence-corrected chi connectivity index (χ4v) is 3.00. The molecule has 0 spiro atoms. The molecule has 1 N–H and O–H groups in total.